The second-order valence-corrected chi connectivity index (χ2v) is 13.5. The van der Waals surface area contributed by atoms with E-state index in [9.17, 15) is 23.1 Å². The number of hydrogen-bond donors (Lipinski definition) is 2. The minimum absolute atomic E-state index is 0.153. The van der Waals surface area contributed by atoms with Gasteiger partial charge in [-0.3, -0.25) is 19.3 Å². The second-order valence-electron chi connectivity index (χ2n) is 11.9. The number of amides is 2. The molecule has 0 saturated carbocycles. The molecule has 1 aromatic carbocycles. The van der Waals surface area contributed by atoms with Crippen molar-refractivity contribution in [3.63, 3.8) is 0 Å². The molecule has 4 atom stereocenters. The maximum absolute atomic E-state index is 14.3. The zero-order valence-electron chi connectivity index (χ0n) is 27.0. The Morgan fingerprint density at radius 2 is 1.93 bits per heavy atom. The summed E-state index contributed by atoms with van der Waals surface area (Å²) in [5.41, 5.74) is 0.828. The molecule has 4 rings (SSSR count). The third-order valence-corrected chi connectivity index (χ3v) is 9.25. The highest BCUT2D eigenvalue weighted by molar-refractivity contribution is 7.92. The standard InChI is InChI=1S/C32H44N6O7S/c1-22-17-38(23(2)20-39)32(41)27-16-26(35-46(42,43)30-19-36(4)21-34-30)9-10-28(27)45-24(3)8-6-7-15-44-29(22)18-37(5)31(40)25-11-13-33-14-12-25/h9-14,16,19,21-24,29,35,39H,6-8,15,17-18,20H2,1-5H3/t22-,23+,24+,29+/m1/s1. The number of likely N-dealkylation sites (N-methyl/N-ethyl adjacent to an activating group) is 1. The Morgan fingerprint density at radius 3 is 2.61 bits per heavy atom. The van der Waals surface area contributed by atoms with Crippen LogP contribution in [-0.4, -0.2) is 101 Å². The molecule has 250 valence electrons. The Labute approximate surface area is 270 Å². The van der Waals surface area contributed by atoms with Crippen molar-refractivity contribution in [2.45, 2.75) is 63.3 Å². The summed E-state index contributed by atoms with van der Waals surface area (Å²) in [5.74, 6) is -0.544. The number of aliphatic hydroxyl groups excluding tert-OH is 1. The number of aromatic nitrogens is 3. The summed E-state index contributed by atoms with van der Waals surface area (Å²) >= 11 is 0. The third kappa shape index (κ3) is 8.83. The average molecular weight is 657 g/mol. The molecule has 0 saturated heterocycles. The van der Waals surface area contributed by atoms with Crippen LogP contribution >= 0.6 is 0 Å². The van der Waals surface area contributed by atoms with Gasteiger partial charge in [0.1, 0.15) is 5.75 Å². The molecule has 2 amide bonds. The normalized spacial score (nSPS) is 20.6. The lowest BCUT2D eigenvalue weighted by molar-refractivity contribution is -0.0149. The molecule has 0 unspecified atom stereocenters. The van der Waals surface area contributed by atoms with Crippen LogP contribution in [0.4, 0.5) is 5.69 Å². The predicted molar refractivity (Wildman–Crippen MR) is 172 cm³/mol. The van der Waals surface area contributed by atoms with Gasteiger partial charge in [-0.15, -0.1) is 0 Å². The number of anilines is 1. The molecule has 0 radical (unpaired) electrons. The highest BCUT2D eigenvalue weighted by Crippen LogP contribution is 2.29. The van der Waals surface area contributed by atoms with E-state index in [4.69, 9.17) is 9.47 Å². The van der Waals surface area contributed by atoms with Crippen LogP contribution in [-0.2, 0) is 21.8 Å². The number of aryl methyl sites for hydroxylation is 1. The summed E-state index contributed by atoms with van der Waals surface area (Å²) in [4.78, 5) is 38.5. The van der Waals surface area contributed by atoms with Gasteiger partial charge in [-0.05, 0) is 63.4 Å². The van der Waals surface area contributed by atoms with Crippen LogP contribution < -0.4 is 9.46 Å². The fourth-order valence-electron chi connectivity index (χ4n) is 5.25. The van der Waals surface area contributed by atoms with Crippen molar-refractivity contribution in [1.29, 1.82) is 0 Å². The van der Waals surface area contributed by atoms with Crippen LogP contribution in [0.25, 0.3) is 0 Å². The highest BCUT2D eigenvalue weighted by Gasteiger charge is 2.31. The number of benzene rings is 1. The predicted octanol–water partition coefficient (Wildman–Crippen LogP) is 3.18. The molecule has 0 spiro atoms. The molecule has 0 bridgehead atoms. The van der Waals surface area contributed by atoms with E-state index in [0.717, 1.165) is 12.8 Å². The molecule has 0 fully saturated rings. The van der Waals surface area contributed by atoms with Gasteiger partial charge < -0.3 is 28.9 Å². The molecule has 3 aromatic rings. The van der Waals surface area contributed by atoms with Crippen LogP contribution in [0, 0.1) is 5.92 Å². The van der Waals surface area contributed by atoms with Gasteiger partial charge in [-0.2, -0.15) is 8.42 Å². The molecule has 2 N–H and O–H groups in total. The molecule has 46 heavy (non-hydrogen) atoms. The molecule has 2 aromatic heterocycles. The molecular formula is C32H44N6O7S. The SMILES string of the molecule is C[C@@H]1CN([C@@H](C)CO)C(=O)c2cc(NS(=O)(=O)c3cn(C)cn3)ccc2O[C@@H](C)CCCCO[C@H]1CN(C)C(=O)c1ccncc1. The molecule has 1 aliphatic heterocycles. The van der Waals surface area contributed by atoms with Crippen molar-refractivity contribution >= 4 is 27.5 Å². The van der Waals surface area contributed by atoms with E-state index >= 15 is 0 Å². The second kappa shape index (κ2) is 15.5. The summed E-state index contributed by atoms with van der Waals surface area (Å²) < 4.78 is 42.7. The lowest BCUT2D eigenvalue weighted by Crippen LogP contribution is -2.48. The van der Waals surface area contributed by atoms with Crippen molar-refractivity contribution in [3.8, 4) is 5.75 Å². The maximum Gasteiger partial charge on any atom is 0.280 e. The smallest absolute Gasteiger partial charge is 0.280 e. The molecule has 1 aliphatic rings. The fourth-order valence-corrected chi connectivity index (χ4v) is 6.28. The first-order valence-corrected chi connectivity index (χ1v) is 16.9. The number of carbonyl (C=O) groups is 2. The van der Waals surface area contributed by atoms with E-state index in [1.807, 2.05) is 13.8 Å². The molecule has 14 heteroatoms. The van der Waals surface area contributed by atoms with Gasteiger partial charge in [-0.1, -0.05) is 6.92 Å². The summed E-state index contributed by atoms with van der Waals surface area (Å²) in [6.07, 6.45) is 7.53. The number of hydrogen-bond acceptors (Lipinski definition) is 9. The summed E-state index contributed by atoms with van der Waals surface area (Å²) in [5, 5.41) is 10.0. The van der Waals surface area contributed by atoms with Crippen molar-refractivity contribution in [1.82, 2.24) is 24.3 Å². The van der Waals surface area contributed by atoms with Gasteiger partial charge in [0.15, 0.2) is 5.03 Å². The number of aliphatic hydroxyl groups is 1. The van der Waals surface area contributed by atoms with Crippen molar-refractivity contribution in [2.24, 2.45) is 13.0 Å². The van der Waals surface area contributed by atoms with Crippen LogP contribution in [0.3, 0.4) is 0 Å². The van der Waals surface area contributed by atoms with Crippen LogP contribution in [0.1, 0.15) is 60.7 Å². The minimum Gasteiger partial charge on any atom is -0.490 e. The highest BCUT2D eigenvalue weighted by atomic mass is 32.2. The van der Waals surface area contributed by atoms with Crippen LogP contribution in [0.5, 0.6) is 5.75 Å². The topological polar surface area (TPSA) is 156 Å². The lowest BCUT2D eigenvalue weighted by Gasteiger charge is -2.36. The zero-order valence-corrected chi connectivity index (χ0v) is 27.8. The van der Waals surface area contributed by atoms with Crippen molar-refractivity contribution < 1.29 is 32.6 Å². The van der Waals surface area contributed by atoms with Crippen LogP contribution in [0.2, 0.25) is 0 Å². The number of imidazole rings is 1. The van der Waals surface area contributed by atoms with E-state index in [1.54, 1.807) is 67.5 Å². The van der Waals surface area contributed by atoms with Crippen LogP contribution in [0.15, 0.2) is 60.3 Å². The lowest BCUT2D eigenvalue weighted by atomic mass is 10.0. The van der Waals surface area contributed by atoms with Gasteiger partial charge >= 0.3 is 0 Å². The summed E-state index contributed by atoms with van der Waals surface area (Å²) in [6, 6.07) is 7.32. The van der Waals surface area contributed by atoms with Crippen molar-refractivity contribution in [3.05, 3.63) is 66.4 Å². The van der Waals surface area contributed by atoms with Crippen molar-refractivity contribution in [2.75, 3.05) is 38.1 Å². The number of fused-ring (bicyclic) bond motifs is 1. The zero-order chi connectivity index (χ0) is 33.4. The van der Waals surface area contributed by atoms with Gasteiger partial charge in [0.05, 0.1) is 36.7 Å². The number of carbonyl (C=O) groups excluding carboxylic acids is 2. The number of sulfonamides is 1. The summed E-state index contributed by atoms with van der Waals surface area (Å²) in [7, 11) is -0.645. The number of rotatable bonds is 8. The minimum atomic E-state index is -4.03. The molecule has 13 nitrogen and oxygen atoms in total. The van der Waals surface area contributed by atoms with E-state index in [1.165, 1.54) is 23.2 Å². The number of pyridine rings is 1. The Kier molecular flexibility index (Phi) is 11.8. The molecule has 0 aliphatic carbocycles. The first-order chi connectivity index (χ1) is 21.9. The van der Waals surface area contributed by atoms with E-state index < -0.39 is 28.1 Å². The first kappa shape index (κ1) is 34.9. The molecular weight excluding hydrogens is 612 g/mol. The van der Waals surface area contributed by atoms with E-state index in [-0.39, 0.29) is 53.9 Å². The largest absolute Gasteiger partial charge is 0.490 e. The van der Waals surface area contributed by atoms with Gasteiger partial charge in [0, 0.05) is 69.6 Å². The van der Waals surface area contributed by atoms with Gasteiger partial charge in [-0.25, -0.2) is 4.98 Å². The fraction of sp³-hybridized carbons (Fsp3) is 0.500. The Bertz CT molecular complexity index is 1580. The monoisotopic (exact) mass is 656 g/mol. The Hall–Kier alpha value is -4.01. The third-order valence-electron chi connectivity index (χ3n) is 7.99. The van der Waals surface area contributed by atoms with Gasteiger partial charge in [0.25, 0.3) is 21.8 Å². The Balaban J connectivity index is 1.66. The number of nitrogens with zero attached hydrogens (tertiary/aromatic N) is 5. The average Bonchev–Trinajstić information content (AvgIpc) is 3.49. The summed E-state index contributed by atoms with van der Waals surface area (Å²) in [6.45, 7) is 6.25. The maximum atomic E-state index is 14.3. The van der Waals surface area contributed by atoms with E-state index in [2.05, 4.69) is 14.7 Å². The first-order valence-electron chi connectivity index (χ1n) is 15.4. The quantitative estimate of drug-likeness (QED) is 0.372. The number of ether oxygens (including phenoxy) is 2. The molecule has 3 heterocycles. The Morgan fingerprint density at radius 1 is 1.20 bits per heavy atom. The number of nitrogens with one attached hydrogen (secondary N) is 1. The van der Waals surface area contributed by atoms with Gasteiger partial charge in [0.2, 0.25) is 0 Å². The van der Waals surface area contributed by atoms with E-state index in [0.29, 0.717) is 24.3 Å².